The topological polar surface area (TPSA) is 70.2 Å². The molecule has 32 heavy (non-hydrogen) atoms. The molecule has 9 heteroatoms. The summed E-state index contributed by atoms with van der Waals surface area (Å²) in [4.78, 5) is 17.1. The maximum absolute atomic E-state index is 13.1. The number of rotatable bonds is 8. The van der Waals surface area contributed by atoms with Crippen LogP contribution in [-0.4, -0.2) is 87.0 Å². The van der Waals surface area contributed by atoms with Gasteiger partial charge in [-0.25, -0.2) is 17.1 Å². The van der Waals surface area contributed by atoms with Crippen molar-refractivity contribution >= 4 is 15.9 Å². The molecule has 7 nitrogen and oxygen atoms in total. The molecule has 2 unspecified atom stereocenters. The summed E-state index contributed by atoms with van der Waals surface area (Å²) in [6.07, 6.45) is 3.33. The van der Waals surface area contributed by atoms with Crippen LogP contribution in [0.4, 0.5) is 4.39 Å². The molecule has 0 radical (unpaired) electrons. The van der Waals surface area contributed by atoms with E-state index in [1.54, 1.807) is 0 Å². The number of amides is 1. The van der Waals surface area contributed by atoms with Crippen LogP contribution in [0.25, 0.3) is 0 Å². The Morgan fingerprint density at radius 1 is 1.12 bits per heavy atom. The summed E-state index contributed by atoms with van der Waals surface area (Å²) >= 11 is 0. The number of nitrogens with zero attached hydrogens (tertiary/aromatic N) is 3. The molecular weight excluding hydrogens is 433 g/mol. The highest BCUT2D eigenvalue weighted by atomic mass is 32.2. The van der Waals surface area contributed by atoms with E-state index in [0.717, 1.165) is 57.7 Å². The van der Waals surface area contributed by atoms with Crippen molar-refractivity contribution in [1.82, 2.24) is 14.1 Å². The Kier molecular flexibility index (Phi) is 8.66. The molecule has 1 amide bonds. The first kappa shape index (κ1) is 25.1. The molecule has 2 heterocycles. The summed E-state index contributed by atoms with van der Waals surface area (Å²) in [6, 6.07) is 4.78. The molecular formula is C23H36FN3O4S. The average molecular weight is 470 g/mol. The van der Waals surface area contributed by atoms with Crippen LogP contribution in [-0.2, 0) is 19.6 Å². The first-order valence-electron chi connectivity index (χ1n) is 11.5. The van der Waals surface area contributed by atoms with E-state index in [9.17, 15) is 17.6 Å². The number of benzene rings is 1. The number of piperidine rings is 1. The van der Waals surface area contributed by atoms with E-state index in [4.69, 9.17) is 4.74 Å². The molecule has 2 saturated heterocycles. The highest BCUT2D eigenvalue weighted by molar-refractivity contribution is 7.89. The second kappa shape index (κ2) is 11.0. The van der Waals surface area contributed by atoms with E-state index >= 15 is 0 Å². The first-order chi connectivity index (χ1) is 15.1. The summed E-state index contributed by atoms with van der Waals surface area (Å²) in [5, 5.41) is 0. The predicted molar refractivity (Wildman–Crippen MR) is 121 cm³/mol. The summed E-state index contributed by atoms with van der Waals surface area (Å²) in [5.74, 6) is 0.211. The zero-order chi connectivity index (χ0) is 23.3. The molecule has 0 aromatic heterocycles. The van der Waals surface area contributed by atoms with E-state index < -0.39 is 15.8 Å². The smallest absolute Gasteiger partial charge is 0.242 e. The lowest BCUT2D eigenvalue weighted by Crippen LogP contribution is -2.48. The minimum Gasteiger partial charge on any atom is -0.373 e. The standard InChI is InChI=1S/C23H36FN3O4S/c1-18-15-26(16-19(2)31-18)17-20-10-13-27(14-11-20)23(28)5-4-12-25(3)32(29,30)22-8-6-21(24)7-9-22/h6-9,18-20H,4-5,10-17H2,1-3H3. The fraction of sp³-hybridized carbons (Fsp3) is 0.696. The first-order valence-corrected chi connectivity index (χ1v) is 13.0. The Hall–Kier alpha value is -1.55. The SMILES string of the molecule is CC1CN(CC2CCN(C(=O)CCCN(C)S(=O)(=O)c3ccc(F)cc3)CC2)CC(C)O1. The largest absolute Gasteiger partial charge is 0.373 e. The minimum absolute atomic E-state index is 0.0545. The molecule has 3 rings (SSSR count). The van der Waals surface area contributed by atoms with E-state index in [0.29, 0.717) is 18.8 Å². The molecule has 0 bridgehead atoms. The Bertz CT molecular complexity index is 846. The fourth-order valence-electron chi connectivity index (χ4n) is 4.68. The van der Waals surface area contributed by atoms with Gasteiger partial charge in [-0.05, 0) is 63.3 Å². The minimum atomic E-state index is -3.68. The lowest BCUT2D eigenvalue weighted by Gasteiger charge is -2.39. The maximum atomic E-state index is 13.1. The molecule has 0 spiro atoms. The third kappa shape index (κ3) is 6.73. The van der Waals surface area contributed by atoms with E-state index in [1.807, 2.05) is 4.90 Å². The fourth-order valence-corrected chi connectivity index (χ4v) is 5.89. The van der Waals surface area contributed by atoms with Gasteiger partial charge in [0.25, 0.3) is 0 Å². The number of hydrogen-bond acceptors (Lipinski definition) is 5. The van der Waals surface area contributed by atoms with Crippen molar-refractivity contribution in [3.63, 3.8) is 0 Å². The van der Waals surface area contributed by atoms with Crippen molar-refractivity contribution in [3.05, 3.63) is 30.1 Å². The number of hydrogen-bond donors (Lipinski definition) is 0. The molecule has 2 fully saturated rings. The van der Waals surface area contributed by atoms with Crippen molar-refractivity contribution in [2.45, 2.75) is 56.6 Å². The van der Waals surface area contributed by atoms with Crippen LogP contribution in [0.1, 0.15) is 39.5 Å². The zero-order valence-electron chi connectivity index (χ0n) is 19.4. The molecule has 180 valence electrons. The van der Waals surface area contributed by atoms with Gasteiger partial charge in [0.15, 0.2) is 0 Å². The number of carbonyl (C=O) groups is 1. The quantitative estimate of drug-likeness (QED) is 0.585. The monoisotopic (exact) mass is 469 g/mol. The average Bonchev–Trinajstić information content (AvgIpc) is 2.73. The Morgan fingerprint density at radius 2 is 1.72 bits per heavy atom. The van der Waals surface area contributed by atoms with Gasteiger partial charge in [-0.15, -0.1) is 0 Å². The Balaban J connectivity index is 1.38. The second-order valence-corrected chi connectivity index (χ2v) is 11.2. The number of morpholine rings is 1. The zero-order valence-corrected chi connectivity index (χ0v) is 20.2. The highest BCUT2D eigenvalue weighted by Crippen LogP contribution is 2.22. The van der Waals surface area contributed by atoms with Gasteiger partial charge in [0.05, 0.1) is 17.1 Å². The van der Waals surface area contributed by atoms with Crippen LogP contribution in [0.5, 0.6) is 0 Å². The number of sulfonamides is 1. The number of ether oxygens (including phenoxy) is 1. The van der Waals surface area contributed by atoms with Gasteiger partial charge in [0.2, 0.25) is 15.9 Å². The van der Waals surface area contributed by atoms with Crippen LogP contribution in [0.3, 0.4) is 0 Å². The van der Waals surface area contributed by atoms with Crippen molar-refractivity contribution in [3.8, 4) is 0 Å². The van der Waals surface area contributed by atoms with Crippen molar-refractivity contribution < 1.29 is 22.3 Å². The molecule has 2 aliphatic rings. The summed E-state index contributed by atoms with van der Waals surface area (Å²) in [5.41, 5.74) is 0. The third-order valence-corrected chi connectivity index (χ3v) is 8.24. The highest BCUT2D eigenvalue weighted by Gasteiger charge is 2.28. The molecule has 0 aliphatic carbocycles. The van der Waals surface area contributed by atoms with Gasteiger partial charge in [-0.3, -0.25) is 9.69 Å². The van der Waals surface area contributed by atoms with Gasteiger partial charge >= 0.3 is 0 Å². The number of halogens is 1. The van der Waals surface area contributed by atoms with Gasteiger partial charge < -0.3 is 9.64 Å². The van der Waals surface area contributed by atoms with Crippen LogP contribution >= 0.6 is 0 Å². The van der Waals surface area contributed by atoms with E-state index in [1.165, 1.54) is 23.5 Å². The molecule has 0 N–H and O–H groups in total. The van der Waals surface area contributed by atoms with Crippen molar-refractivity contribution in [2.24, 2.45) is 5.92 Å². The van der Waals surface area contributed by atoms with Crippen LogP contribution < -0.4 is 0 Å². The number of likely N-dealkylation sites (tertiary alicyclic amines) is 1. The molecule has 1 aromatic carbocycles. The van der Waals surface area contributed by atoms with Crippen molar-refractivity contribution in [1.29, 1.82) is 0 Å². The molecule has 0 saturated carbocycles. The van der Waals surface area contributed by atoms with E-state index in [2.05, 4.69) is 18.7 Å². The van der Waals surface area contributed by atoms with Crippen LogP contribution in [0.2, 0.25) is 0 Å². The second-order valence-electron chi connectivity index (χ2n) is 9.18. The summed E-state index contributed by atoms with van der Waals surface area (Å²) in [6.45, 7) is 9.01. The van der Waals surface area contributed by atoms with Gasteiger partial charge in [-0.2, -0.15) is 0 Å². The lowest BCUT2D eigenvalue weighted by molar-refractivity contribution is -0.133. The maximum Gasteiger partial charge on any atom is 0.242 e. The van der Waals surface area contributed by atoms with Crippen LogP contribution in [0.15, 0.2) is 29.2 Å². The predicted octanol–water partition coefficient (Wildman–Crippen LogP) is 2.57. The van der Waals surface area contributed by atoms with E-state index in [-0.39, 0.29) is 29.6 Å². The Morgan fingerprint density at radius 3 is 2.31 bits per heavy atom. The van der Waals surface area contributed by atoms with Gasteiger partial charge in [0.1, 0.15) is 5.82 Å². The summed E-state index contributed by atoms with van der Waals surface area (Å²) < 4.78 is 45.2. The van der Waals surface area contributed by atoms with Crippen molar-refractivity contribution in [2.75, 3.05) is 46.3 Å². The Labute approximate surface area is 191 Å². The molecule has 2 aliphatic heterocycles. The van der Waals surface area contributed by atoms with Crippen LogP contribution in [0, 0.1) is 11.7 Å². The number of carbonyl (C=O) groups excluding carboxylic acids is 1. The molecule has 1 aromatic rings. The third-order valence-electron chi connectivity index (χ3n) is 6.36. The normalized spacial score (nSPS) is 23.6. The summed E-state index contributed by atoms with van der Waals surface area (Å²) in [7, 11) is -2.19. The lowest BCUT2D eigenvalue weighted by atomic mass is 9.95. The van der Waals surface area contributed by atoms with Gasteiger partial charge in [0, 0.05) is 52.7 Å². The van der Waals surface area contributed by atoms with Gasteiger partial charge in [-0.1, -0.05) is 0 Å². The molecule has 2 atom stereocenters.